The summed E-state index contributed by atoms with van der Waals surface area (Å²) in [6.45, 7) is 4.08. The summed E-state index contributed by atoms with van der Waals surface area (Å²) in [4.78, 5) is 21.6. The first-order chi connectivity index (χ1) is 16.9. The second-order valence-electron chi connectivity index (χ2n) is 8.78. The molecule has 0 spiro atoms. The van der Waals surface area contributed by atoms with Gasteiger partial charge < -0.3 is 10.1 Å². The number of nitrogens with zero attached hydrogens (tertiary/aromatic N) is 2. The van der Waals surface area contributed by atoms with E-state index in [1.807, 2.05) is 30.3 Å². The summed E-state index contributed by atoms with van der Waals surface area (Å²) in [5, 5.41) is 9.51. The summed E-state index contributed by atoms with van der Waals surface area (Å²) in [6.07, 6.45) is 0.491. The van der Waals surface area contributed by atoms with Crippen LogP contribution >= 0.6 is 23.2 Å². The predicted octanol–water partition coefficient (Wildman–Crippen LogP) is 4.64. The summed E-state index contributed by atoms with van der Waals surface area (Å²) in [6, 6.07) is 14.7. The number of ether oxygens (including phenoxy) is 1. The molecule has 0 amide bonds. The van der Waals surface area contributed by atoms with Crippen molar-refractivity contribution in [2.75, 3.05) is 24.7 Å². The van der Waals surface area contributed by atoms with Crippen LogP contribution in [0.1, 0.15) is 31.4 Å². The normalized spacial score (nSPS) is 11.8. The highest BCUT2D eigenvalue weighted by Crippen LogP contribution is 2.30. The number of sulfonamides is 1. The molecule has 0 saturated carbocycles. The third-order valence-corrected chi connectivity index (χ3v) is 7.15. The molecule has 3 N–H and O–H groups in total. The van der Waals surface area contributed by atoms with Crippen LogP contribution in [0, 0.1) is 0 Å². The number of hydrogen-bond acceptors (Lipinski definition) is 7. The molecule has 0 aliphatic rings. The summed E-state index contributed by atoms with van der Waals surface area (Å²) >= 11 is 12.2. The molecule has 192 valence electrons. The van der Waals surface area contributed by atoms with E-state index in [-0.39, 0.29) is 18.2 Å². The van der Waals surface area contributed by atoms with Crippen molar-refractivity contribution in [1.29, 1.82) is 0 Å². The lowest BCUT2D eigenvalue weighted by atomic mass is 9.79. The number of halogens is 2. The first-order valence-corrected chi connectivity index (χ1v) is 13.6. The topological polar surface area (TPSA) is 124 Å². The largest absolute Gasteiger partial charge is 0.467 e. The Balaban J connectivity index is 1.81. The molecule has 0 unspecified atom stereocenters. The van der Waals surface area contributed by atoms with Gasteiger partial charge in [0.05, 0.1) is 18.6 Å². The molecule has 8 nitrogen and oxygen atoms in total. The van der Waals surface area contributed by atoms with Gasteiger partial charge in [-0.2, -0.15) is 9.97 Å². The number of carbonyl (C=O) groups is 1. The lowest BCUT2D eigenvalue weighted by molar-refractivity contribution is -0.123. The lowest BCUT2D eigenvalue weighted by Crippen LogP contribution is -2.31. The van der Waals surface area contributed by atoms with E-state index in [4.69, 9.17) is 33.1 Å². The highest BCUT2D eigenvalue weighted by molar-refractivity contribution is 7.89. The summed E-state index contributed by atoms with van der Waals surface area (Å²) in [5.41, 5.74) is 2.12. The monoisotopic (exact) mass is 550 g/mol. The lowest BCUT2D eigenvalue weighted by Gasteiger charge is -2.24. The zero-order valence-electron chi connectivity index (χ0n) is 20.2. The van der Waals surface area contributed by atoms with Gasteiger partial charge in [-0.1, -0.05) is 47.5 Å². The van der Waals surface area contributed by atoms with Crippen LogP contribution in [-0.2, 0) is 26.7 Å². The number of carbonyl (C=O) groups excluding carboxylic acids is 1. The standard InChI is InChI=1S/C25H28Cl2N4O4S/c1-25(2,22(32)10-12-36(28,33)34)18-6-4-5-17(13-18)21-15-23(31-24(30-21)35-3)29-11-9-16-7-8-19(26)14-20(16)27/h4-8,13-15H,9-12H2,1-3H3,(H2,28,33,34)(H,29,30,31). The molecule has 0 saturated heterocycles. The van der Waals surface area contributed by atoms with Crippen molar-refractivity contribution in [3.63, 3.8) is 0 Å². The second kappa shape index (κ2) is 11.6. The molecule has 0 bridgehead atoms. The number of hydrogen-bond donors (Lipinski definition) is 2. The molecule has 0 aliphatic heterocycles. The van der Waals surface area contributed by atoms with E-state index in [1.54, 1.807) is 32.0 Å². The first-order valence-electron chi connectivity index (χ1n) is 11.1. The van der Waals surface area contributed by atoms with Gasteiger partial charge in [-0.05, 0) is 49.6 Å². The highest BCUT2D eigenvalue weighted by Gasteiger charge is 2.30. The van der Waals surface area contributed by atoms with Gasteiger partial charge in [0.2, 0.25) is 10.0 Å². The number of nitrogens with one attached hydrogen (secondary N) is 1. The number of rotatable bonds is 11. The molecular weight excluding hydrogens is 523 g/mol. The Morgan fingerprint density at radius 2 is 1.86 bits per heavy atom. The van der Waals surface area contributed by atoms with Crippen LogP contribution in [0.15, 0.2) is 48.5 Å². The summed E-state index contributed by atoms with van der Waals surface area (Å²) in [7, 11) is -2.24. The Kier molecular flexibility index (Phi) is 8.94. The van der Waals surface area contributed by atoms with Crippen LogP contribution in [0.3, 0.4) is 0 Å². The van der Waals surface area contributed by atoms with Crippen LogP contribution in [0.2, 0.25) is 10.0 Å². The predicted molar refractivity (Wildman–Crippen MR) is 143 cm³/mol. The van der Waals surface area contributed by atoms with Crippen molar-refractivity contribution in [2.45, 2.75) is 32.1 Å². The molecule has 0 atom stereocenters. The Morgan fingerprint density at radius 3 is 2.53 bits per heavy atom. The maximum absolute atomic E-state index is 12.8. The number of aromatic nitrogens is 2. The van der Waals surface area contributed by atoms with Crippen molar-refractivity contribution in [3.8, 4) is 17.3 Å². The van der Waals surface area contributed by atoms with Gasteiger partial charge in [-0.25, -0.2) is 13.6 Å². The van der Waals surface area contributed by atoms with Crippen molar-refractivity contribution in [2.24, 2.45) is 5.14 Å². The number of benzene rings is 2. The number of Topliss-reactive ketones (excluding diaryl/α,β-unsaturated/α-hetero) is 1. The molecule has 0 fully saturated rings. The van der Waals surface area contributed by atoms with Gasteiger partial charge in [0.25, 0.3) is 0 Å². The number of ketones is 1. The fraction of sp³-hybridized carbons (Fsp3) is 0.320. The fourth-order valence-electron chi connectivity index (χ4n) is 3.58. The van der Waals surface area contributed by atoms with E-state index < -0.39 is 21.2 Å². The average Bonchev–Trinajstić information content (AvgIpc) is 2.83. The van der Waals surface area contributed by atoms with Gasteiger partial charge in [-0.15, -0.1) is 0 Å². The third kappa shape index (κ3) is 7.39. The zero-order valence-corrected chi connectivity index (χ0v) is 22.5. The van der Waals surface area contributed by atoms with Gasteiger partial charge in [0, 0.05) is 40.1 Å². The number of nitrogens with two attached hydrogens (primary N) is 1. The molecule has 0 aliphatic carbocycles. The molecule has 36 heavy (non-hydrogen) atoms. The van der Waals surface area contributed by atoms with Gasteiger partial charge in [-0.3, -0.25) is 4.79 Å². The van der Waals surface area contributed by atoms with E-state index in [2.05, 4.69) is 15.3 Å². The van der Waals surface area contributed by atoms with Gasteiger partial charge >= 0.3 is 6.01 Å². The molecular formula is C25H28Cl2N4O4S. The van der Waals surface area contributed by atoms with E-state index in [0.717, 1.165) is 16.7 Å². The van der Waals surface area contributed by atoms with Crippen LogP contribution in [-0.4, -0.2) is 43.6 Å². The quantitative estimate of drug-likeness (QED) is 0.356. The molecule has 3 aromatic rings. The number of methoxy groups -OCH3 is 1. The smallest absolute Gasteiger partial charge is 0.318 e. The second-order valence-corrected chi connectivity index (χ2v) is 11.4. The maximum Gasteiger partial charge on any atom is 0.318 e. The van der Waals surface area contributed by atoms with Crippen LogP contribution in [0.4, 0.5) is 5.82 Å². The minimum atomic E-state index is -3.73. The van der Waals surface area contributed by atoms with Crippen LogP contribution in [0.25, 0.3) is 11.3 Å². The molecule has 11 heteroatoms. The molecule has 0 radical (unpaired) electrons. The van der Waals surface area contributed by atoms with Gasteiger partial charge in [0.15, 0.2) is 0 Å². The van der Waals surface area contributed by atoms with E-state index in [1.165, 1.54) is 7.11 Å². The van der Waals surface area contributed by atoms with Gasteiger partial charge in [0.1, 0.15) is 11.6 Å². The maximum atomic E-state index is 12.8. The fourth-order valence-corrected chi connectivity index (χ4v) is 4.55. The average molecular weight is 551 g/mol. The van der Waals surface area contributed by atoms with E-state index >= 15 is 0 Å². The highest BCUT2D eigenvalue weighted by atomic mass is 35.5. The Hall–Kier alpha value is -2.72. The minimum Gasteiger partial charge on any atom is -0.467 e. The Morgan fingerprint density at radius 1 is 1.11 bits per heavy atom. The molecule has 1 heterocycles. The van der Waals surface area contributed by atoms with Crippen molar-refractivity contribution >= 4 is 44.8 Å². The summed E-state index contributed by atoms with van der Waals surface area (Å²) < 4.78 is 27.9. The number of anilines is 1. The third-order valence-electron chi connectivity index (χ3n) is 5.79. The molecule has 2 aromatic carbocycles. The summed E-state index contributed by atoms with van der Waals surface area (Å²) in [5.74, 6) is -0.0538. The Bertz CT molecular complexity index is 1360. The molecule has 3 rings (SSSR count). The van der Waals surface area contributed by atoms with Crippen molar-refractivity contribution in [1.82, 2.24) is 9.97 Å². The van der Waals surface area contributed by atoms with Crippen LogP contribution in [0.5, 0.6) is 6.01 Å². The first kappa shape index (κ1) is 27.9. The minimum absolute atomic E-state index is 0.164. The zero-order chi connectivity index (χ0) is 26.5. The SMILES string of the molecule is COc1nc(NCCc2ccc(Cl)cc2Cl)cc(-c2cccc(C(C)(C)C(=O)CCS(N)(=O)=O)c2)n1. The molecule has 1 aromatic heterocycles. The Labute approximate surface area is 221 Å². The van der Waals surface area contributed by atoms with E-state index in [0.29, 0.717) is 34.5 Å². The van der Waals surface area contributed by atoms with Crippen LogP contribution < -0.4 is 15.2 Å². The van der Waals surface area contributed by atoms with Crippen molar-refractivity contribution in [3.05, 3.63) is 69.7 Å². The van der Waals surface area contributed by atoms with E-state index in [9.17, 15) is 13.2 Å². The van der Waals surface area contributed by atoms with Crippen molar-refractivity contribution < 1.29 is 17.9 Å². The number of primary sulfonamides is 1.